The van der Waals surface area contributed by atoms with Gasteiger partial charge in [-0.15, -0.1) is 0 Å². The van der Waals surface area contributed by atoms with Crippen molar-refractivity contribution in [2.24, 2.45) is 0 Å². The number of nitrogens with zero attached hydrogens (tertiary/aromatic N) is 1. The molecule has 1 amide bonds. The lowest BCUT2D eigenvalue weighted by atomic mass is 10.1. The Morgan fingerprint density at radius 2 is 2.22 bits per heavy atom. The van der Waals surface area contributed by atoms with Crippen molar-refractivity contribution in [1.82, 2.24) is 4.98 Å². The van der Waals surface area contributed by atoms with Crippen molar-refractivity contribution < 1.29 is 9.53 Å². The van der Waals surface area contributed by atoms with Gasteiger partial charge < -0.3 is 10.1 Å². The van der Waals surface area contributed by atoms with Gasteiger partial charge in [0.05, 0.1) is 18.3 Å². The first-order valence-corrected chi connectivity index (χ1v) is 5.97. The van der Waals surface area contributed by atoms with Crippen LogP contribution in [0.4, 0.5) is 5.69 Å². The molecule has 1 N–H and O–H groups in total. The molecule has 1 aromatic heterocycles. The molecular weight excluding hydrogens is 228 g/mol. The van der Waals surface area contributed by atoms with Crippen molar-refractivity contribution in [2.75, 3.05) is 12.4 Å². The summed E-state index contributed by atoms with van der Waals surface area (Å²) in [4.78, 5) is 15.9. The fraction of sp³-hybridized carbons (Fsp3) is 0.286. The molecule has 2 aromatic rings. The fourth-order valence-corrected chi connectivity index (χ4v) is 1.87. The standard InChI is InChI=1S/C14H16N2O2/c1-3-5-13(17)16-11-7-8-12(18-2)10-6-4-9-15-14(10)11/h4,6-9H,3,5H2,1-2H3,(H,16,17). The van der Waals surface area contributed by atoms with E-state index in [1.165, 1.54) is 0 Å². The molecule has 0 bridgehead atoms. The Kier molecular flexibility index (Phi) is 3.77. The first-order valence-electron chi connectivity index (χ1n) is 5.97. The lowest BCUT2D eigenvalue weighted by Gasteiger charge is -2.10. The molecule has 2 rings (SSSR count). The van der Waals surface area contributed by atoms with Crippen LogP contribution in [0.3, 0.4) is 0 Å². The Labute approximate surface area is 106 Å². The van der Waals surface area contributed by atoms with Crippen molar-refractivity contribution >= 4 is 22.5 Å². The second kappa shape index (κ2) is 5.49. The number of fused-ring (bicyclic) bond motifs is 1. The molecular formula is C14H16N2O2. The number of aromatic nitrogens is 1. The number of hydrogen-bond acceptors (Lipinski definition) is 3. The van der Waals surface area contributed by atoms with Gasteiger partial charge in [-0.05, 0) is 30.7 Å². The number of carbonyl (C=O) groups is 1. The molecule has 0 aliphatic heterocycles. The fourth-order valence-electron chi connectivity index (χ4n) is 1.87. The first kappa shape index (κ1) is 12.4. The van der Waals surface area contributed by atoms with Crippen molar-refractivity contribution in [3.05, 3.63) is 30.5 Å². The van der Waals surface area contributed by atoms with Crippen LogP contribution in [0.1, 0.15) is 19.8 Å². The molecule has 0 aliphatic carbocycles. The monoisotopic (exact) mass is 244 g/mol. The third kappa shape index (κ3) is 2.42. The van der Waals surface area contributed by atoms with Crippen molar-refractivity contribution in [2.45, 2.75) is 19.8 Å². The molecule has 0 saturated carbocycles. The smallest absolute Gasteiger partial charge is 0.224 e. The Balaban J connectivity index is 2.43. The number of rotatable bonds is 4. The summed E-state index contributed by atoms with van der Waals surface area (Å²) < 4.78 is 5.28. The number of pyridine rings is 1. The van der Waals surface area contributed by atoms with E-state index in [4.69, 9.17) is 4.74 Å². The van der Waals surface area contributed by atoms with Crippen LogP contribution in [-0.2, 0) is 4.79 Å². The number of ether oxygens (including phenoxy) is 1. The Morgan fingerprint density at radius 3 is 2.94 bits per heavy atom. The largest absolute Gasteiger partial charge is 0.496 e. The van der Waals surface area contributed by atoms with E-state index in [9.17, 15) is 4.79 Å². The number of nitrogens with one attached hydrogen (secondary N) is 1. The molecule has 4 nitrogen and oxygen atoms in total. The summed E-state index contributed by atoms with van der Waals surface area (Å²) >= 11 is 0. The summed E-state index contributed by atoms with van der Waals surface area (Å²) in [5.41, 5.74) is 1.48. The lowest BCUT2D eigenvalue weighted by Crippen LogP contribution is -2.11. The molecule has 0 spiro atoms. The Hall–Kier alpha value is -2.10. The van der Waals surface area contributed by atoms with Crippen LogP contribution in [0.25, 0.3) is 10.9 Å². The van der Waals surface area contributed by atoms with Gasteiger partial charge in [0.15, 0.2) is 0 Å². The zero-order chi connectivity index (χ0) is 13.0. The van der Waals surface area contributed by atoms with Crippen molar-refractivity contribution in [1.29, 1.82) is 0 Å². The van der Waals surface area contributed by atoms with Gasteiger partial charge in [0.1, 0.15) is 5.75 Å². The number of anilines is 1. The number of amides is 1. The van der Waals surface area contributed by atoms with Gasteiger partial charge in [-0.25, -0.2) is 0 Å². The predicted molar refractivity (Wildman–Crippen MR) is 71.8 cm³/mol. The van der Waals surface area contributed by atoms with E-state index in [2.05, 4.69) is 10.3 Å². The van der Waals surface area contributed by atoms with Crippen LogP contribution in [0.15, 0.2) is 30.5 Å². The minimum atomic E-state index is 0.00891. The highest BCUT2D eigenvalue weighted by Crippen LogP contribution is 2.29. The van der Waals surface area contributed by atoms with Crippen molar-refractivity contribution in [3.63, 3.8) is 0 Å². The zero-order valence-corrected chi connectivity index (χ0v) is 10.6. The van der Waals surface area contributed by atoms with E-state index >= 15 is 0 Å². The van der Waals surface area contributed by atoms with Crippen LogP contribution >= 0.6 is 0 Å². The second-order valence-corrected chi connectivity index (χ2v) is 4.01. The summed E-state index contributed by atoms with van der Waals surface area (Å²) in [6.07, 6.45) is 3.05. The highest BCUT2D eigenvalue weighted by molar-refractivity contribution is 6.02. The molecule has 0 unspecified atom stereocenters. The summed E-state index contributed by atoms with van der Waals surface area (Å²) in [6.45, 7) is 1.98. The Bertz CT molecular complexity index is 567. The van der Waals surface area contributed by atoms with Crippen LogP contribution in [0, 0.1) is 0 Å². The average molecular weight is 244 g/mol. The van der Waals surface area contributed by atoms with Gasteiger partial charge in [-0.3, -0.25) is 9.78 Å². The van der Waals surface area contributed by atoms with Crippen LogP contribution in [0.5, 0.6) is 5.75 Å². The molecule has 1 aromatic carbocycles. The highest BCUT2D eigenvalue weighted by Gasteiger charge is 2.09. The summed E-state index contributed by atoms with van der Waals surface area (Å²) in [5, 5.41) is 3.78. The van der Waals surface area contributed by atoms with Crippen LogP contribution < -0.4 is 10.1 Å². The van der Waals surface area contributed by atoms with E-state index in [-0.39, 0.29) is 5.91 Å². The van der Waals surface area contributed by atoms with Gasteiger partial charge in [0, 0.05) is 18.0 Å². The molecule has 1 heterocycles. The summed E-state index contributed by atoms with van der Waals surface area (Å²) in [7, 11) is 1.62. The normalized spacial score (nSPS) is 10.3. The second-order valence-electron chi connectivity index (χ2n) is 4.01. The maximum absolute atomic E-state index is 11.6. The lowest BCUT2D eigenvalue weighted by molar-refractivity contribution is -0.116. The average Bonchev–Trinajstić information content (AvgIpc) is 2.39. The SMILES string of the molecule is CCCC(=O)Nc1ccc(OC)c2cccnc12. The molecule has 0 radical (unpaired) electrons. The molecule has 0 fully saturated rings. The quantitative estimate of drug-likeness (QED) is 0.899. The molecule has 4 heteroatoms. The number of hydrogen-bond donors (Lipinski definition) is 1. The molecule has 18 heavy (non-hydrogen) atoms. The maximum Gasteiger partial charge on any atom is 0.224 e. The minimum Gasteiger partial charge on any atom is -0.496 e. The van der Waals surface area contributed by atoms with Gasteiger partial charge in [0.2, 0.25) is 5.91 Å². The number of benzene rings is 1. The van der Waals surface area contributed by atoms with E-state index in [1.54, 1.807) is 13.3 Å². The van der Waals surface area contributed by atoms with Gasteiger partial charge in [0.25, 0.3) is 0 Å². The summed E-state index contributed by atoms with van der Waals surface area (Å²) in [6, 6.07) is 7.44. The number of methoxy groups -OCH3 is 1. The van der Waals surface area contributed by atoms with Crippen LogP contribution in [-0.4, -0.2) is 18.0 Å². The van der Waals surface area contributed by atoms with Crippen LogP contribution in [0.2, 0.25) is 0 Å². The van der Waals surface area contributed by atoms with E-state index in [0.717, 1.165) is 28.8 Å². The third-order valence-corrected chi connectivity index (χ3v) is 2.70. The van der Waals surface area contributed by atoms with Gasteiger partial charge in [-0.2, -0.15) is 0 Å². The summed E-state index contributed by atoms with van der Waals surface area (Å²) in [5.74, 6) is 0.765. The predicted octanol–water partition coefficient (Wildman–Crippen LogP) is 2.98. The van der Waals surface area contributed by atoms with Gasteiger partial charge >= 0.3 is 0 Å². The first-order chi connectivity index (χ1) is 8.76. The highest BCUT2D eigenvalue weighted by atomic mass is 16.5. The van der Waals surface area contributed by atoms with Crippen molar-refractivity contribution in [3.8, 4) is 5.75 Å². The molecule has 0 atom stereocenters. The maximum atomic E-state index is 11.6. The molecule has 0 aliphatic rings. The molecule has 94 valence electrons. The molecule has 0 saturated heterocycles. The third-order valence-electron chi connectivity index (χ3n) is 2.70. The Morgan fingerprint density at radius 1 is 1.39 bits per heavy atom. The topological polar surface area (TPSA) is 51.2 Å². The van der Waals surface area contributed by atoms with E-state index in [1.807, 2.05) is 31.2 Å². The minimum absolute atomic E-state index is 0.00891. The van der Waals surface area contributed by atoms with E-state index < -0.39 is 0 Å². The zero-order valence-electron chi connectivity index (χ0n) is 10.6. The van der Waals surface area contributed by atoms with Gasteiger partial charge in [-0.1, -0.05) is 6.92 Å². The number of carbonyl (C=O) groups excluding carboxylic acids is 1. The van der Waals surface area contributed by atoms with E-state index in [0.29, 0.717) is 6.42 Å².